The first kappa shape index (κ1) is 18.9. The van der Waals surface area contributed by atoms with Crippen molar-refractivity contribution in [2.24, 2.45) is 0 Å². The summed E-state index contributed by atoms with van der Waals surface area (Å²) in [6.45, 7) is 2.65. The van der Waals surface area contributed by atoms with Crippen molar-refractivity contribution in [1.29, 1.82) is 0 Å². The molecule has 1 aliphatic carbocycles. The number of carbonyl (C=O) groups is 1. The molecule has 0 unspecified atom stereocenters. The number of nitrogens with one attached hydrogen (secondary N) is 2. The van der Waals surface area contributed by atoms with Gasteiger partial charge in [-0.25, -0.2) is 23.9 Å². The number of fused-ring (bicyclic) bond motifs is 2. The number of anilines is 1. The van der Waals surface area contributed by atoms with Gasteiger partial charge in [-0.3, -0.25) is 4.79 Å². The van der Waals surface area contributed by atoms with Gasteiger partial charge in [-0.2, -0.15) is 5.10 Å². The van der Waals surface area contributed by atoms with Gasteiger partial charge >= 0.3 is 0 Å². The van der Waals surface area contributed by atoms with Crippen LogP contribution in [0.15, 0.2) is 43.1 Å². The summed E-state index contributed by atoms with van der Waals surface area (Å²) < 4.78 is 15.8. The van der Waals surface area contributed by atoms with Crippen LogP contribution < -0.4 is 10.2 Å². The summed E-state index contributed by atoms with van der Waals surface area (Å²) in [5.41, 5.74) is 3.18. The van der Waals surface area contributed by atoms with Crippen molar-refractivity contribution >= 4 is 17.4 Å². The second-order valence-corrected chi connectivity index (χ2v) is 8.65. The fourth-order valence-electron chi connectivity index (χ4n) is 4.17. The molecule has 0 spiro atoms. The number of hydrogen-bond acceptors (Lipinski definition) is 6. The Balaban J connectivity index is 1.37. The molecule has 0 saturated heterocycles. The van der Waals surface area contributed by atoms with E-state index in [1.165, 1.54) is 10.6 Å². The van der Waals surface area contributed by atoms with E-state index in [9.17, 15) is 9.18 Å². The Morgan fingerprint density at radius 1 is 1.28 bits per heavy atom. The molecule has 32 heavy (non-hydrogen) atoms. The lowest BCUT2D eigenvalue weighted by Gasteiger charge is -2.33. The minimum Gasteiger partial charge on any atom is -0.348 e. The van der Waals surface area contributed by atoms with Crippen LogP contribution in [0.5, 0.6) is 0 Å². The molecule has 0 radical (unpaired) electrons. The van der Waals surface area contributed by atoms with Crippen LogP contribution in [-0.4, -0.2) is 47.5 Å². The predicted octanol–water partition coefficient (Wildman–Crippen LogP) is 2.42. The number of carbonyl (C=O) groups excluding carboxylic acids is 1. The van der Waals surface area contributed by atoms with Crippen molar-refractivity contribution in [2.45, 2.75) is 37.8 Å². The summed E-state index contributed by atoms with van der Waals surface area (Å²) in [5.74, 6) is -0.0423. The minimum atomic E-state index is -0.380. The summed E-state index contributed by atoms with van der Waals surface area (Å²) in [5, 5.41) is 7.62. The predicted molar refractivity (Wildman–Crippen MR) is 114 cm³/mol. The van der Waals surface area contributed by atoms with Gasteiger partial charge in [0.1, 0.15) is 17.4 Å². The van der Waals surface area contributed by atoms with Crippen LogP contribution in [0, 0.1) is 5.82 Å². The van der Waals surface area contributed by atoms with Gasteiger partial charge in [0.15, 0.2) is 0 Å². The molecule has 1 aliphatic heterocycles. The number of aromatic nitrogens is 6. The summed E-state index contributed by atoms with van der Waals surface area (Å²) in [6, 6.07) is 4.38. The molecule has 0 bridgehead atoms. The molecule has 1 atom stereocenters. The number of halogens is 1. The van der Waals surface area contributed by atoms with Gasteiger partial charge in [0, 0.05) is 42.8 Å². The fraction of sp³-hybridized carbons (Fsp3) is 0.318. The van der Waals surface area contributed by atoms with E-state index in [1.54, 1.807) is 37.1 Å². The van der Waals surface area contributed by atoms with Crippen molar-refractivity contribution in [3.05, 3.63) is 71.6 Å². The Hall–Kier alpha value is -3.82. The first-order valence-corrected chi connectivity index (χ1v) is 10.6. The fourth-order valence-corrected chi connectivity index (χ4v) is 4.17. The Bertz CT molecular complexity index is 1320. The van der Waals surface area contributed by atoms with Crippen LogP contribution >= 0.6 is 0 Å². The van der Waals surface area contributed by atoms with Gasteiger partial charge in [0.2, 0.25) is 5.95 Å². The van der Waals surface area contributed by atoms with Crippen molar-refractivity contribution in [2.75, 3.05) is 11.4 Å². The minimum absolute atomic E-state index is 0.109. The van der Waals surface area contributed by atoms with Gasteiger partial charge < -0.3 is 15.2 Å². The lowest BCUT2D eigenvalue weighted by molar-refractivity contribution is 0.0934. The summed E-state index contributed by atoms with van der Waals surface area (Å²) >= 11 is 0. The highest BCUT2D eigenvalue weighted by Crippen LogP contribution is 2.36. The maximum absolute atomic E-state index is 14.3. The molecule has 6 rings (SSSR count). The molecular formula is C22H21FN8O. The molecule has 10 heteroatoms. The van der Waals surface area contributed by atoms with Crippen molar-refractivity contribution in [1.82, 2.24) is 34.9 Å². The standard InChI is InChI=1S/C22H21FN8O/c1-22(5-6-22)28-20(32)13-10-24-21(25-11-13)30-8-4-15-18(27-12-26-15)19(30)16-9-17-14(23)3-2-7-31(17)29-16/h2-3,7,9-12,19H,4-6,8H2,1H3,(H,26,27)(H,28,32)/t19-/m0/s1. The SMILES string of the molecule is CC1(NC(=O)c2cnc(N3CCc4[nH]cnc4[C@@H]3c3cc4c(F)cccn4n3)nc2)CC1. The van der Waals surface area contributed by atoms with Gasteiger partial charge in [-0.05, 0) is 38.0 Å². The first-order valence-electron chi connectivity index (χ1n) is 10.6. The molecule has 4 aromatic rings. The van der Waals surface area contributed by atoms with E-state index in [1.807, 2.05) is 11.8 Å². The maximum atomic E-state index is 14.3. The Morgan fingerprint density at radius 3 is 2.84 bits per heavy atom. The van der Waals surface area contributed by atoms with Gasteiger partial charge in [-0.1, -0.05) is 0 Å². The first-order chi connectivity index (χ1) is 15.5. The van der Waals surface area contributed by atoms with E-state index >= 15 is 0 Å². The number of amides is 1. The van der Waals surface area contributed by atoms with Crippen LogP contribution in [0.3, 0.4) is 0 Å². The summed E-state index contributed by atoms with van der Waals surface area (Å²) in [6.07, 6.45) is 9.16. The number of imidazole rings is 1. The molecule has 1 amide bonds. The van der Waals surface area contributed by atoms with Crippen molar-refractivity contribution in [3.8, 4) is 0 Å². The average molecular weight is 432 g/mol. The third kappa shape index (κ3) is 3.10. The topological polar surface area (TPSA) is 104 Å². The highest BCUT2D eigenvalue weighted by atomic mass is 19.1. The molecular weight excluding hydrogens is 411 g/mol. The van der Waals surface area contributed by atoms with Crippen molar-refractivity contribution < 1.29 is 9.18 Å². The molecule has 5 heterocycles. The quantitative estimate of drug-likeness (QED) is 0.513. The zero-order valence-electron chi connectivity index (χ0n) is 17.4. The van der Waals surface area contributed by atoms with Crippen LogP contribution in [0.25, 0.3) is 5.52 Å². The third-order valence-corrected chi connectivity index (χ3v) is 6.25. The smallest absolute Gasteiger partial charge is 0.254 e. The van der Waals surface area contributed by atoms with E-state index < -0.39 is 0 Å². The van der Waals surface area contributed by atoms with Gasteiger partial charge in [0.25, 0.3) is 5.91 Å². The summed E-state index contributed by atoms with van der Waals surface area (Å²) in [4.78, 5) is 31.1. The molecule has 1 saturated carbocycles. The normalized spacial score (nSPS) is 19.1. The van der Waals surface area contributed by atoms with E-state index in [-0.39, 0.29) is 23.3 Å². The van der Waals surface area contributed by atoms with Gasteiger partial charge in [-0.15, -0.1) is 0 Å². The number of aromatic amines is 1. The summed E-state index contributed by atoms with van der Waals surface area (Å²) in [7, 11) is 0. The Morgan fingerprint density at radius 2 is 2.09 bits per heavy atom. The number of H-pyrrole nitrogens is 1. The third-order valence-electron chi connectivity index (χ3n) is 6.25. The molecule has 0 aromatic carbocycles. The number of pyridine rings is 1. The Kier molecular flexibility index (Phi) is 4.04. The number of nitrogens with zero attached hydrogens (tertiary/aromatic N) is 6. The molecule has 9 nitrogen and oxygen atoms in total. The van der Waals surface area contributed by atoms with Crippen LogP contribution in [0.4, 0.5) is 10.3 Å². The maximum Gasteiger partial charge on any atom is 0.254 e. The zero-order chi connectivity index (χ0) is 21.9. The second kappa shape index (κ2) is 6.84. The lowest BCUT2D eigenvalue weighted by Crippen LogP contribution is -2.38. The van der Waals surface area contributed by atoms with E-state index in [2.05, 4.69) is 30.4 Å². The average Bonchev–Trinajstić information content (AvgIpc) is 3.19. The zero-order valence-corrected chi connectivity index (χ0v) is 17.4. The number of hydrogen-bond donors (Lipinski definition) is 2. The highest BCUT2D eigenvalue weighted by Gasteiger charge is 2.39. The van der Waals surface area contributed by atoms with Crippen LogP contribution in [0.1, 0.15) is 53.2 Å². The van der Waals surface area contributed by atoms with E-state index in [0.717, 1.165) is 30.7 Å². The molecule has 1 fully saturated rings. The van der Waals surface area contributed by atoms with Gasteiger partial charge in [0.05, 0.1) is 23.3 Å². The Labute approximate surface area is 182 Å². The van der Waals surface area contributed by atoms with Crippen LogP contribution in [0.2, 0.25) is 0 Å². The van der Waals surface area contributed by atoms with E-state index in [0.29, 0.717) is 29.3 Å². The molecule has 162 valence electrons. The molecule has 4 aromatic heterocycles. The monoisotopic (exact) mass is 432 g/mol. The van der Waals surface area contributed by atoms with E-state index in [4.69, 9.17) is 0 Å². The van der Waals surface area contributed by atoms with Crippen LogP contribution in [-0.2, 0) is 6.42 Å². The lowest BCUT2D eigenvalue weighted by atomic mass is 10.00. The molecule has 2 N–H and O–H groups in total. The second-order valence-electron chi connectivity index (χ2n) is 8.65. The highest BCUT2D eigenvalue weighted by molar-refractivity contribution is 5.94. The largest absolute Gasteiger partial charge is 0.348 e. The molecule has 2 aliphatic rings. The van der Waals surface area contributed by atoms with Crippen molar-refractivity contribution in [3.63, 3.8) is 0 Å². The number of rotatable bonds is 4.